The van der Waals surface area contributed by atoms with Crippen LogP contribution in [0.3, 0.4) is 0 Å². The molecule has 0 atom stereocenters. The number of hydrogen-bond donors (Lipinski definition) is 1. The van der Waals surface area contributed by atoms with Gasteiger partial charge in [-0.15, -0.1) is 0 Å². The highest BCUT2D eigenvalue weighted by atomic mass is 16.5. The molecule has 0 radical (unpaired) electrons. The highest BCUT2D eigenvalue weighted by molar-refractivity contribution is 5.92. The lowest BCUT2D eigenvalue weighted by Crippen LogP contribution is -2.20. The van der Waals surface area contributed by atoms with Gasteiger partial charge in [-0.2, -0.15) is 0 Å². The molecular formula is C22H17N3O3. The van der Waals surface area contributed by atoms with E-state index < -0.39 is 0 Å². The Morgan fingerprint density at radius 1 is 0.821 bits per heavy atom. The van der Waals surface area contributed by atoms with Gasteiger partial charge in [0.05, 0.1) is 10.9 Å². The van der Waals surface area contributed by atoms with Gasteiger partial charge in [0.2, 0.25) is 5.88 Å². The summed E-state index contributed by atoms with van der Waals surface area (Å²) in [5.41, 5.74) is 1.42. The number of anilines is 1. The van der Waals surface area contributed by atoms with E-state index in [4.69, 9.17) is 9.47 Å². The van der Waals surface area contributed by atoms with Crippen LogP contribution in [-0.4, -0.2) is 22.5 Å². The van der Waals surface area contributed by atoms with Gasteiger partial charge in [-0.1, -0.05) is 30.3 Å². The SMILES string of the molecule is O=C(COc1ncnc2ccccc12)Nc1ccc(Oc2ccccc2)cc1. The van der Waals surface area contributed by atoms with Crippen LogP contribution < -0.4 is 14.8 Å². The zero-order valence-electron chi connectivity index (χ0n) is 14.9. The fourth-order valence-electron chi connectivity index (χ4n) is 2.66. The van der Waals surface area contributed by atoms with E-state index in [1.54, 1.807) is 24.3 Å². The maximum atomic E-state index is 12.2. The van der Waals surface area contributed by atoms with Gasteiger partial charge in [0.1, 0.15) is 17.8 Å². The van der Waals surface area contributed by atoms with E-state index in [0.29, 0.717) is 17.3 Å². The number of aromatic nitrogens is 2. The molecule has 3 aromatic carbocycles. The number of para-hydroxylation sites is 2. The van der Waals surface area contributed by atoms with Gasteiger partial charge < -0.3 is 14.8 Å². The van der Waals surface area contributed by atoms with E-state index in [0.717, 1.165) is 16.7 Å². The van der Waals surface area contributed by atoms with Crippen LogP contribution in [0, 0.1) is 0 Å². The summed E-state index contributed by atoms with van der Waals surface area (Å²) in [7, 11) is 0. The Balaban J connectivity index is 1.34. The monoisotopic (exact) mass is 371 g/mol. The van der Waals surface area contributed by atoms with Gasteiger partial charge in [-0.3, -0.25) is 4.79 Å². The Bertz CT molecular complexity index is 1080. The molecule has 0 saturated heterocycles. The summed E-state index contributed by atoms with van der Waals surface area (Å²) in [5.74, 6) is 1.55. The Labute approximate surface area is 161 Å². The predicted octanol–water partition coefficient (Wildman–Crippen LogP) is 4.44. The second-order valence-corrected chi connectivity index (χ2v) is 5.97. The van der Waals surface area contributed by atoms with Gasteiger partial charge >= 0.3 is 0 Å². The Hall–Kier alpha value is -3.93. The molecule has 0 aliphatic rings. The molecule has 4 aromatic rings. The van der Waals surface area contributed by atoms with Crippen LogP contribution in [0.25, 0.3) is 10.9 Å². The lowest BCUT2D eigenvalue weighted by Gasteiger charge is -2.09. The first-order chi connectivity index (χ1) is 13.8. The number of carbonyl (C=O) groups is 1. The Morgan fingerprint density at radius 3 is 2.36 bits per heavy atom. The molecule has 6 heteroatoms. The highest BCUT2D eigenvalue weighted by Crippen LogP contribution is 2.23. The number of amides is 1. The van der Waals surface area contributed by atoms with Gasteiger partial charge in [0.15, 0.2) is 6.61 Å². The molecule has 4 rings (SSSR count). The van der Waals surface area contributed by atoms with Crippen LogP contribution in [0.15, 0.2) is 85.2 Å². The number of rotatable bonds is 6. The number of nitrogens with zero attached hydrogens (tertiary/aromatic N) is 2. The third-order valence-electron chi connectivity index (χ3n) is 3.96. The zero-order chi connectivity index (χ0) is 19.2. The van der Waals surface area contributed by atoms with Crippen LogP contribution in [0.1, 0.15) is 0 Å². The van der Waals surface area contributed by atoms with Crippen LogP contribution >= 0.6 is 0 Å². The highest BCUT2D eigenvalue weighted by Gasteiger charge is 2.08. The molecule has 28 heavy (non-hydrogen) atoms. The molecule has 0 aliphatic carbocycles. The number of hydrogen-bond acceptors (Lipinski definition) is 5. The summed E-state index contributed by atoms with van der Waals surface area (Å²) in [4.78, 5) is 20.5. The van der Waals surface area contributed by atoms with Crippen molar-refractivity contribution in [2.45, 2.75) is 0 Å². The average Bonchev–Trinajstić information content (AvgIpc) is 2.74. The van der Waals surface area contributed by atoms with Crippen molar-refractivity contribution in [2.75, 3.05) is 11.9 Å². The number of ether oxygens (including phenoxy) is 2. The average molecular weight is 371 g/mol. The van der Waals surface area contributed by atoms with Crippen molar-refractivity contribution < 1.29 is 14.3 Å². The molecule has 1 heterocycles. The van der Waals surface area contributed by atoms with E-state index >= 15 is 0 Å². The van der Waals surface area contributed by atoms with Crippen LogP contribution in [0.5, 0.6) is 17.4 Å². The third-order valence-corrected chi connectivity index (χ3v) is 3.96. The number of carbonyl (C=O) groups excluding carboxylic acids is 1. The second kappa shape index (κ2) is 8.18. The summed E-state index contributed by atoms with van der Waals surface area (Å²) >= 11 is 0. The molecule has 1 N–H and O–H groups in total. The Kier molecular flexibility index (Phi) is 5.11. The maximum absolute atomic E-state index is 12.2. The molecule has 0 bridgehead atoms. The molecule has 138 valence electrons. The van der Waals surface area contributed by atoms with E-state index in [9.17, 15) is 4.79 Å². The van der Waals surface area contributed by atoms with Crippen LogP contribution in [0.4, 0.5) is 5.69 Å². The summed E-state index contributed by atoms with van der Waals surface area (Å²) in [5, 5.41) is 3.55. The topological polar surface area (TPSA) is 73.3 Å². The van der Waals surface area contributed by atoms with Gasteiger partial charge in [0, 0.05) is 5.69 Å². The molecule has 0 saturated carbocycles. The smallest absolute Gasteiger partial charge is 0.262 e. The second-order valence-electron chi connectivity index (χ2n) is 5.97. The largest absolute Gasteiger partial charge is 0.467 e. The van der Waals surface area contributed by atoms with E-state index in [1.807, 2.05) is 54.6 Å². The van der Waals surface area contributed by atoms with Gasteiger partial charge in [-0.25, -0.2) is 9.97 Å². The number of fused-ring (bicyclic) bond motifs is 1. The lowest BCUT2D eigenvalue weighted by atomic mass is 10.2. The minimum Gasteiger partial charge on any atom is -0.467 e. The first kappa shape index (κ1) is 17.5. The molecule has 6 nitrogen and oxygen atoms in total. The van der Waals surface area contributed by atoms with Crippen molar-refractivity contribution in [3.05, 3.63) is 85.2 Å². The van der Waals surface area contributed by atoms with Gasteiger partial charge in [0.25, 0.3) is 5.91 Å². The first-order valence-electron chi connectivity index (χ1n) is 8.73. The maximum Gasteiger partial charge on any atom is 0.262 e. The lowest BCUT2D eigenvalue weighted by molar-refractivity contribution is -0.118. The third kappa shape index (κ3) is 4.24. The summed E-state index contributed by atoms with van der Waals surface area (Å²) in [6.45, 7) is -0.150. The van der Waals surface area contributed by atoms with Crippen molar-refractivity contribution in [1.29, 1.82) is 0 Å². The quantitative estimate of drug-likeness (QED) is 0.542. The number of benzene rings is 3. The van der Waals surface area contributed by atoms with Crippen LogP contribution in [0.2, 0.25) is 0 Å². The van der Waals surface area contributed by atoms with Crippen LogP contribution in [-0.2, 0) is 4.79 Å². The normalized spacial score (nSPS) is 10.4. The van der Waals surface area contributed by atoms with E-state index in [1.165, 1.54) is 6.33 Å². The molecular weight excluding hydrogens is 354 g/mol. The summed E-state index contributed by atoms with van der Waals surface area (Å²) < 4.78 is 11.3. The fourth-order valence-corrected chi connectivity index (χ4v) is 2.66. The Morgan fingerprint density at radius 2 is 1.54 bits per heavy atom. The molecule has 0 aliphatic heterocycles. The van der Waals surface area contributed by atoms with E-state index in [2.05, 4.69) is 15.3 Å². The molecule has 1 aromatic heterocycles. The molecule has 1 amide bonds. The first-order valence-corrected chi connectivity index (χ1v) is 8.73. The van der Waals surface area contributed by atoms with E-state index in [-0.39, 0.29) is 12.5 Å². The molecule has 0 spiro atoms. The predicted molar refractivity (Wildman–Crippen MR) is 107 cm³/mol. The zero-order valence-corrected chi connectivity index (χ0v) is 14.9. The molecule has 0 fully saturated rings. The summed E-state index contributed by atoms with van der Waals surface area (Å²) in [6.07, 6.45) is 1.42. The van der Waals surface area contributed by atoms with Crippen molar-refractivity contribution in [1.82, 2.24) is 9.97 Å². The minimum atomic E-state index is -0.278. The van der Waals surface area contributed by atoms with Crippen molar-refractivity contribution in [2.24, 2.45) is 0 Å². The van der Waals surface area contributed by atoms with Crippen molar-refractivity contribution in [3.8, 4) is 17.4 Å². The van der Waals surface area contributed by atoms with Gasteiger partial charge in [-0.05, 0) is 48.5 Å². The summed E-state index contributed by atoms with van der Waals surface area (Å²) in [6, 6.07) is 24.1. The number of nitrogens with one attached hydrogen (secondary N) is 1. The fraction of sp³-hybridized carbons (Fsp3) is 0.0455. The van der Waals surface area contributed by atoms with Crippen molar-refractivity contribution in [3.63, 3.8) is 0 Å². The standard InChI is InChI=1S/C22H17N3O3/c26-21(14-27-22-19-8-4-5-9-20(19)23-15-24-22)25-16-10-12-18(13-11-16)28-17-6-2-1-3-7-17/h1-13,15H,14H2,(H,25,26). The molecule has 0 unspecified atom stereocenters. The minimum absolute atomic E-state index is 0.150. The van der Waals surface area contributed by atoms with Crippen molar-refractivity contribution >= 4 is 22.5 Å².